The third-order valence-corrected chi connectivity index (χ3v) is 5.34. The summed E-state index contributed by atoms with van der Waals surface area (Å²) in [6, 6.07) is 14.7. The summed E-state index contributed by atoms with van der Waals surface area (Å²) in [4.78, 5) is 16.1. The summed E-state index contributed by atoms with van der Waals surface area (Å²) in [5, 5.41) is 1.10. The third-order valence-electron chi connectivity index (χ3n) is 5.34. The molecule has 0 aliphatic rings. The fourth-order valence-electron chi connectivity index (χ4n) is 3.92. The Hall–Kier alpha value is -3.47. The largest absolute Gasteiger partial charge is 0.354 e. The highest BCUT2D eigenvalue weighted by atomic mass is 19.1. The van der Waals surface area contributed by atoms with E-state index >= 15 is 0 Å². The summed E-state index contributed by atoms with van der Waals surface area (Å²) < 4.78 is 13.5. The number of benzene rings is 2. The molecule has 5 aromatic rings. The maximum Gasteiger partial charge on any atom is 0.123 e. The highest BCUT2D eigenvalue weighted by Crippen LogP contribution is 2.41. The van der Waals surface area contributed by atoms with Crippen molar-refractivity contribution < 1.29 is 4.39 Å². The van der Waals surface area contributed by atoms with Gasteiger partial charge in [-0.15, -0.1) is 0 Å². The van der Waals surface area contributed by atoms with Crippen LogP contribution in [0, 0.1) is 5.82 Å². The number of nitrogens with one attached hydrogen (secondary N) is 2. The standard InChI is InChI=1S/C24H21FN4/c1-2-3-4-20-27-19-10-9-18-22(24(19)29-20)21(15-11-13-26-14-12-15)23(28-18)16-5-7-17(25)8-6-16/h5-14,28H,2-4H2,1H3,(H,27,29). The molecule has 0 unspecified atom stereocenters. The number of nitrogens with zero attached hydrogens (tertiary/aromatic N) is 2. The lowest BCUT2D eigenvalue weighted by atomic mass is 9.98. The summed E-state index contributed by atoms with van der Waals surface area (Å²) in [5.41, 5.74) is 7.05. The van der Waals surface area contributed by atoms with Crippen LogP contribution in [0.4, 0.5) is 4.39 Å². The first-order chi connectivity index (χ1) is 14.2. The van der Waals surface area contributed by atoms with E-state index < -0.39 is 0 Å². The quantitative estimate of drug-likeness (QED) is 0.376. The van der Waals surface area contributed by atoms with Crippen molar-refractivity contribution in [1.82, 2.24) is 19.9 Å². The van der Waals surface area contributed by atoms with Gasteiger partial charge < -0.3 is 9.97 Å². The predicted octanol–water partition coefficient (Wildman–Crippen LogP) is 6.25. The van der Waals surface area contributed by atoms with Gasteiger partial charge in [0.15, 0.2) is 0 Å². The molecular weight excluding hydrogens is 363 g/mol. The van der Waals surface area contributed by atoms with Crippen LogP contribution in [0.5, 0.6) is 0 Å². The second-order valence-corrected chi connectivity index (χ2v) is 7.29. The molecule has 2 N–H and O–H groups in total. The van der Waals surface area contributed by atoms with Gasteiger partial charge in [-0.1, -0.05) is 13.3 Å². The number of H-pyrrole nitrogens is 2. The number of pyridine rings is 1. The number of imidazole rings is 1. The maximum absolute atomic E-state index is 13.5. The Morgan fingerprint density at radius 3 is 2.45 bits per heavy atom. The molecule has 0 spiro atoms. The number of rotatable bonds is 5. The monoisotopic (exact) mass is 384 g/mol. The molecule has 5 rings (SSSR count). The number of fused-ring (bicyclic) bond motifs is 3. The molecule has 0 saturated heterocycles. The van der Waals surface area contributed by atoms with E-state index in [4.69, 9.17) is 4.98 Å². The number of aryl methyl sites for hydroxylation is 1. The van der Waals surface area contributed by atoms with Gasteiger partial charge in [0.25, 0.3) is 0 Å². The number of aromatic amines is 2. The summed E-state index contributed by atoms with van der Waals surface area (Å²) in [5.74, 6) is 0.770. The Kier molecular flexibility index (Phi) is 4.35. The summed E-state index contributed by atoms with van der Waals surface area (Å²) in [7, 11) is 0. The molecule has 0 radical (unpaired) electrons. The molecular formula is C24H21FN4. The van der Waals surface area contributed by atoms with Crippen molar-refractivity contribution in [2.24, 2.45) is 0 Å². The van der Waals surface area contributed by atoms with Crippen LogP contribution in [0.25, 0.3) is 44.3 Å². The SMILES string of the molecule is CCCCc1nc2ccc3[nH]c(-c4ccc(F)cc4)c(-c4ccncc4)c3c2[nH]1. The first-order valence-corrected chi connectivity index (χ1v) is 9.94. The average Bonchev–Trinajstić information content (AvgIpc) is 3.34. The number of hydrogen-bond donors (Lipinski definition) is 2. The number of aromatic nitrogens is 4. The highest BCUT2D eigenvalue weighted by Gasteiger charge is 2.19. The minimum atomic E-state index is -0.244. The van der Waals surface area contributed by atoms with Crippen LogP contribution < -0.4 is 0 Å². The van der Waals surface area contributed by atoms with Gasteiger partial charge in [0.2, 0.25) is 0 Å². The molecule has 0 fully saturated rings. The van der Waals surface area contributed by atoms with Crippen molar-refractivity contribution in [1.29, 1.82) is 0 Å². The summed E-state index contributed by atoms with van der Waals surface area (Å²) in [6.07, 6.45) is 6.76. The second kappa shape index (κ2) is 7.17. The van der Waals surface area contributed by atoms with E-state index in [0.717, 1.165) is 69.4 Å². The highest BCUT2D eigenvalue weighted by molar-refractivity contribution is 6.15. The topological polar surface area (TPSA) is 57.4 Å². The van der Waals surface area contributed by atoms with Gasteiger partial charge in [-0.25, -0.2) is 9.37 Å². The lowest BCUT2D eigenvalue weighted by Gasteiger charge is -2.06. The minimum absolute atomic E-state index is 0.244. The van der Waals surface area contributed by atoms with Crippen LogP contribution in [-0.2, 0) is 6.42 Å². The molecule has 0 saturated carbocycles. The van der Waals surface area contributed by atoms with E-state index in [1.807, 2.05) is 30.3 Å². The molecule has 0 bridgehead atoms. The fraction of sp³-hybridized carbons (Fsp3) is 0.167. The van der Waals surface area contributed by atoms with Crippen LogP contribution in [0.2, 0.25) is 0 Å². The van der Waals surface area contributed by atoms with Crippen molar-refractivity contribution >= 4 is 21.9 Å². The van der Waals surface area contributed by atoms with Crippen molar-refractivity contribution in [3.63, 3.8) is 0 Å². The van der Waals surface area contributed by atoms with E-state index in [1.165, 1.54) is 12.1 Å². The molecule has 0 amide bonds. The number of halogens is 1. The zero-order valence-corrected chi connectivity index (χ0v) is 16.2. The fourth-order valence-corrected chi connectivity index (χ4v) is 3.92. The van der Waals surface area contributed by atoms with Crippen LogP contribution >= 0.6 is 0 Å². The molecule has 144 valence electrons. The normalized spacial score (nSPS) is 11.5. The van der Waals surface area contributed by atoms with Gasteiger partial charge in [-0.2, -0.15) is 0 Å². The van der Waals surface area contributed by atoms with E-state index in [9.17, 15) is 4.39 Å². The predicted molar refractivity (Wildman–Crippen MR) is 115 cm³/mol. The Balaban J connectivity index is 1.82. The van der Waals surface area contributed by atoms with E-state index in [1.54, 1.807) is 12.4 Å². The molecule has 3 heterocycles. The van der Waals surface area contributed by atoms with Crippen molar-refractivity contribution in [3.8, 4) is 22.4 Å². The molecule has 0 aliphatic carbocycles. The number of unbranched alkanes of at least 4 members (excludes halogenated alkanes) is 1. The van der Waals surface area contributed by atoms with Gasteiger partial charge >= 0.3 is 0 Å². The van der Waals surface area contributed by atoms with Crippen LogP contribution in [0.3, 0.4) is 0 Å². The average molecular weight is 384 g/mol. The van der Waals surface area contributed by atoms with Crippen LogP contribution in [-0.4, -0.2) is 19.9 Å². The Morgan fingerprint density at radius 1 is 0.897 bits per heavy atom. The molecule has 29 heavy (non-hydrogen) atoms. The molecule has 0 aliphatic heterocycles. The van der Waals surface area contributed by atoms with E-state index in [2.05, 4.69) is 27.9 Å². The van der Waals surface area contributed by atoms with Crippen molar-refractivity contribution in [2.75, 3.05) is 0 Å². The maximum atomic E-state index is 13.5. The van der Waals surface area contributed by atoms with Gasteiger partial charge in [0, 0.05) is 35.3 Å². The van der Waals surface area contributed by atoms with E-state index in [0.29, 0.717) is 0 Å². The summed E-state index contributed by atoms with van der Waals surface area (Å²) >= 11 is 0. The third kappa shape index (κ3) is 3.09. The van der Waals surface area contributed by atoms with Gasteiger partial charge in [-0.3, -0.25) is 4.98 Å². The zero-order chi connectivity index (χ0) is 19.8. The van der Waals surface area contributed by atoms with Crippen LogP contribution in [0.15, 0.2) is 60.9 Å². The Morgan fingerprint density at radius 2 is 1.69 bits per heavy atom. The lowest BCUT2D eigenvalue weighted by molar-refractivity contribution is 0.628. The van der Waals surface area contributed by atoms with Gasteiger partial charge in [-0.05, 0) is 66.1 Å². The first kappa shape index (κ1) is 17.6. The number of hydrogen-bond acceptors (Lipinski definition) is 2. The van der Waals surface area contributed by atoms with Gasteiger partial charge in [0.05, 0.1) is 16.7 Å². The molecule has 2 aromatic carbocycles. The summed E-state index contributed by atoms with van der Waals surface area (Å²) in [6.45, 7) is 2.18. The van der Waals surface area contributed by atoms with E-state index in [-0.39, 0.29) is 5.82 Å². The second-order valence-electron chi connectivity index (χ2n) is 7.29. The minimum Gasteiger partial charge on any atom is -0.354 e. The zero-order valence-electron chi connectivity index (χ0n) is 16.2. The molecule has 0 atom stereocenters. The van der Waals surface area contributed by atoms with Crippen LogP contribution in [0.1, 0.15) is 25.6 Å². The van der Waals surface area contributed by atoms with Crippen molar-refractivity contribution in [2.45, 2.75) is 26.2 Å². The molecule has 3 aromatic heterocycles. The Labute approximate surface area is 167 Å². The molecule has 5 heteroatoms. The smallest absolute Gasteiger partial charge is 0.123 e. The lowest BCUT2D eigenvalue weighted by Crippen LogP contribution is -1.86. The van der Waals surface area contributed by atoms with Gasteiger partial charge in [0.1, 0.15) is 11.6 Å². The Bertz CT molecular complexity index is 1280. The van der Waals surface area contributed by atoms with Crippen molar-refractivity contribution in [3.05, 3.63) is 72.6 Å². The first-order valence-electron chi connectivity index (χ1n) is 9.94. The molecule has 4 nitrogen and oxygen atoms in total.